The maximum Gasteiger partial charge on any atom is 0.326 e. The summed E-state index contributed by atoms with van der Waals surface area (Å²) in [5.41, 5.74) is 5.34. The summed E-state index contributed by atoms with van der Waals surface area (Å²) < 4.78 is 0. The second-order valence-corrected chi connectivity index (χ2v) is 7.01. The Balaban J connectivity index is 2.20. The first kappa shape index (κ1) is 17.1. The molecule has 0 saturated carbocycles. The van der Waals surface area contributed by atoms with Crippen molar-refractivity contribution in [1.29, 1.82) is 0 Å². The van der Waals surface area contributed by atoms with Gasteiger partial charge in [0, 0.05) is 24.5 Å². The molecule has 0 aromatic heterocycles. The van der Waals surface area contributed by atoms with E-state index >= 15 is 0 Å². The van der Waals surface area contributed by atoms with Crippen molar-refractivity contribution < 1.29 is 24.6 Å². The number of likely N-dealkylation sites (tertiary alicyclic amines) is 1. The third kappa shape index (κ3) is 5.22. The summed E-state index contributed by atoms with van der Waals surface area (Å²) in [5.74, 6) is -1.37. The van der Waals surface area contributed by atoms with Gasteiger partial charge in [-0.2, -0.15) is 0 Å². The highest BCUT2D eigenvalue weighted by molar-refractivity contribution is 8.76. The molecule has 114 valence electrons. The molecule has 1 aliphatic heterocycles. The van der Waals surface area contributed by atoms with Crippen molar-refractivity contribution in [3.8, 4) is 0 Å². The van der Waals surface area contributed by atoms with Crippen LogP contribution in [0.15, 0.2) is 0 Å². The van der Waals surface area contributed by atoms with Gasteiger partial charge in [-0.1, -0.05) is 21.6 Å². The van der Waals surface area contributed by atoms with Crippen LogP contribution in [0, 0.1) is 0 Å². The van der Waals surface area contributed by atoms with Crippen LogP contribution >= 0.6 is 21.6 Å². The molecule has 1 saturated heterocycles. The van der Waals surface area contributed by atoms with Gasteiger partial charge in [-0.25, -0.2) is 4.79 Å². The Hall–Kier alpha value is -0.930. The van der Waals surface area contributed by atoms with Gasteiger partial charge in [0.1, 0.15) is 12.1 Å². The molecule has 0 aromatic carbocycles. The molecule has 1 rings (SSSR count). The summed E-state index contributed by atoms with van der Waals surface area (Å²) in [5, 5.41) is 17.6. The molecule has 0 aromatic rings. The first-order valence-electron chi connectivity index (χ1n) is 6.18. The SMILES string of the molecule is NC(CSSCCC(=O)N1CCC[C@H]1C(=O)O)C(=O)O. The fourth-order valence-electron chi connectivity index (χ4n) is 1.85. The van der Waals surface area contributed by atoms with E-state index in [1.54, 1.807) is 0 Å². The number of amides is 1. The number of hydrogen-bond acceptors (Lipinski definition) is 6. The Labute approximate surface area is 124 Å². The second kappa shape index (κ2) is 8.38. The van der Waals surface area contributed by atoms with Gasteiger partial charge in [0.2, 0.25) is 5.91 Å². The average Bonchev–Trinajstić information content (AvgIpc) is 2.87. The van der Waals surface area contributed by atoms with E-state index in [2.05, 4.69) is 0 Å². The van der Waals surface area contributed by atoms with Crippen LogP contribution in [0.1, 0.15) is 19.3 Å². The van der Waals surface area contributed by atoms with Crippen LogP contribution in [0.3, 0.4) is 0 Å². The maximum atomic E-state index is 11.9. The zero-order valence-corrected chi connectivity index (χ0v) is 12.5. The normalized spacial score (nSPS) is 19.9. The molecule has 7 nitrogen and oxygen atoms in total. The number of rotatable bonds is 8. The van der Waals surface area contributed by atoms with Gasteiger partial charge in [0.15, 0.2) is 0 Å². The maximum absolute atomic E-state index is 11.9. The fourth-order valence-corrected chi connectivity index (χ4v) is 3.94. The summed E-state index contributed by atoms with van der Waals surface area (Å²) in [4.78, 5) is 34.7. The third-order valence-electron chi connectivity index (χ3n) is 2.91. The summed E-state index contributed by atoms with van der Waals surface area (Å²) in [7, 11) is 2.68. The molecular formula is C11H18N2O5S2. The van der Waals surface area contributed by atoms with Crippen LogP contribution in [0.5, 0.6) is 0 Å². The highest BCUT2D eigenvalue weighted by Gasteiger charge is 2.33. The van der Waals surface area contributed by atoms with Gasteiger partial charge in [0.05, 0.1) is 0 Å². The monoisotopic (exact) mass is 322 g/mol. The number of aliphatic carboxylic acids is 2. The summed E-state index contributed by atoms with van der Waals surface area (Å²) >= 11 is 0. The Kier molecular flexibility index (Phi) is 7.17. The van der Waals surface area contributed by atoms with Crippen molar-refractivity contribution in [1.82, 2.24) is 4.90 Å². The quantitative estimate of drug-likeness (QED) is 0.429. The van der Waals surface area contributed by atoms with Crippen LogP contribution in [-0.2, 0) is 14.4 Å². The Morgan fingerprint density at radius 1 is 1.30 bits per heavy atom. The third-order valence-corrected chi connectivity index (χ3v) is 5.35. The molecule has 20 heavy (non-hydrogen) atoms. The molecule has 1 amide bonds. The molecule has 0 spiro atoms. The summed E-state index contributed by atoms with van der Waals surface area (Å²) in [6, 6.07) is -1.60. The number of nitrogens with two attached hydrogens (primary N) is 1. The number of carboxylic acid groups (broad SMARTS) is 2. The molecule has 0 radical (unpaired) electrons. The number of carbonyl (C=O) groups excluding carboxylic acids is 1. The number of hydrogen-bond donors (Lipinski definition) is 3. The topological polar surface area (TPSA) is 121 Å². The van der Waals surface area contributed by atoms with E-state index in [1.165, 1.54) is 26.5 Å². The number of nitrogens with zero attached hydrogens (tertiary/aromatic N) is 1. The van der Waals surface area contributed by atoms with E-state index in [1.807, 2.05) is 0 Å². The second-order valence-electron chi connectivity index (χ2n) is 4.38. The van der Waals surface area contributed by atoms with E-state index in [0.29, 0.717) is 18.7 Å². The average molecular weight is 322 g/mol. The Morgan fingerprint density at radius 2 is 2.00 bits per heavy atom. The fraction of sp³-hybridized carbons (Fsp3) is 0.727. The largest absolute Gasteiger partial charge is 0.480 e. The van der Waals surface area contributed by atoms with E-state index < -0.39 is 24.0 Å². The van der Waals surface area contributed by atoms with Crippen LogP contribution in [0.25, 0.3) is 0 Å². The minimum atomic E-state index is -1.05. The first-order valence-corrected chi connectivity index (χ1v) is 8.67. The molecule has 2 atom stereocenters. The van der Waals surface area contributed by atoms with Crippen molar-refractivity contribution in [2.24, 2.45) is 5.73 Å². The van der Waals surface area contributed by atoms with Crippen LogP contribution in [0.4, 0.5) is 0 Å². The van der Waals surface area contributed by atoms with Crippen molar-refractivity contribution in [2.45, 2.75) is 31.3 Å². The summed E-state index contributed by atoms with van der Waals surface area (Å²) in [6.07, 6.45) is 1.48. The van der Waals surface area contributed by atoms with Crippen molar-refractivity contribution >= 4 is 39.4 Å². The van der Waals surface area contributed by atoms with Gasteiger partial charge >= 0.3 is 11.9 Å². The predicted molar refractivity (Wildman–Crippen MR) is 77.5 cm³/mol. The standard InChI is InChI=1S/C11H18N2O5S2/c12-7(10(15)16)6-20-19-5-3-9(14)13-4-1-2-8(13)11(17)18/h7-8H,1-6,12H2,(H,15,16)(H,17,18)/t7?,8-/m0/s1. The lowest BCUT2D eigenvalue weighted by Crippen LogP contribution is -2.40. The molecule has 0 bridgehead atoms. The molecular weight excluding hydrogens is 304 g/mol. The lowest BCUT2D eigenvalue weighted by molar-refractivity contribution is -0.148. The molecule has 1 heterocycles. The van der Waals surface area contributed by atoms with E-state index in [4.69, 9.17) is 15.9 Å². The van der Waals surface area contributed by atoms with Gasteiger partial charge in [-0.05, 0) is 12.8 Å². The van der Waals surface area contributed by atoms with Crippen LogP contribution in [0.2, 0.25) is 0 Å². The van der Waals surface area contributed by atoms with Gasteiger partial charge in [0.25, 0.3) is 0 Å². The highest BCUT2D eigenvalue weighted by Crippen LogP contribution is 2.24. The van der Waals surface area contributed by atoms with Gasteiger partial charge < -0.3 is 20.8 Å². The molecule has 1 aliphatic rings. The minimum absolute atomic E-state index is 0.162. The lowest BCUT2D eigenvalue weighted by atomic mass is 10.2. The van der Waals surface area contributed by atoms with Gasteiger partial charge in [-0.3, -0.25) is 9.59 Å². The number of carboxylic acids is 2. The van der Waals surface area contributed by atoms with E-state index in [9.17, 15) is 14.4 Å². The lowest BCUT2D eigenvalue weighted by Gasteiger charge is -2.21. The van der Waals surface area contributed by atoms with E-state index in [0.717, 1.165) is 6.42 Å². The molecule has 1 unspecified atom stereocenters. The van der Waals surface area contributed by atoms with Crippen LogP contribution in [-0.4, -0.2) is 63.1 Å². The zero-order valence-electron chi connectivity index (χ0n) is 10.9. The Morgan fingerprint density at radius 3 is 2.60 bits per heavy atom. The predicted octanol–water partition coefficient (Wildman–Crippen LogP) is 0.245. The van der Waals surface area contributed by atoms with Crippen molar-refractivity contribution in [3.63, 3.8) is 0 Å². The minimum Gasteiger partial charge on any atom is -0.480 e. The van der Waals surface area contributed by atoms with Gasteiger partial charge in [-0.15, -0.1) is 0 Å². The zero-order chi connectivity index (χ0) is 15.1. The van der Waals surface area contributed by atoms with Crippen LogP contribution < -0.4 is 5.73 Å². The van der Waals surface area contributed by atoms with Crippen molar-refractivity contribution in [2.75, 3.05) is 18.1 Å². The Bertz CT molecular complexity index is 380. The van der Waals surface area contributed by atoms with Crippen molar-refractivity contribution in [3.05, 3.63) is 0 Å². The molecule has 4 N–H and O–H groups in total. The summed E-state index contributed by atoms with van der Waals surface area (Å²) in [6.45, 7) is 0.498. The molecule has 0 aliphatic carbocycles. The molecule has 9 heteroatoms. The molecule has 1 fully saturated rings. The first-order chi connectivity index (χ1) is 9.43. The smallest absolute Gasteiger partial charge is 0.326 e. The number of carbonyl (C=O) groups is 3. The highest BCUT2D eigenvalue weighted by atomic mass is 33.1. The van der Waals surface area contributed by atoms with E-state index in [-0.39, 0.29) is 18.1 Å².